The van der Waals surface area contributed by atoms with Crippen molar-refractivity contribution < 1.29 is 9.53 Å². The van der Waals surface area contributed by atoms with Gasteiger partial charge in [-0.3, -0.25) is 0 Å². The summed E-state index contributed by atoms with van der Waals surface area (Å²) in [5, 5.41) is 0. The van der Waals surface area contributed by atoms with Crippen LogP contribution in [0.2, 0.25) is 0 Å². The van der Waals surface area contributed by atoms with E-state index in [1.165, 1.54) is 6.47 Å². The Bertz CT molecular complexity index is 109. The molecule has 1 aliphatic rings. The first-order valence-corrected chi connectivity index (χ1v) is 1.47. The maximum Gasteiger partial charge on any atom is 0.419 e. The predicted octanol–water partition coefficient (Wildman–Crippen LogP) is -0.544. The summed E-state index contributed by atoms with van der Waals surface area (Å²) in [5.41, 5.74) is 0. The van der Waals surface area contributed by atoms with Crippen molar-refractivity contribution in [1.82, 2.24) is 0 Å². The minimum absolute atomic E-state index is 0.275. The maximum atomic E-state index is 9.23. The molecule has 0 heterocycles. The molecule has 1 aliphatic carbocycles. The summed E-state index contributed by atoms with van der Waals surface area (Å²) in [7, 11) is 0. The molecule has 0 aromatic heterocycles. The van der Waals surface area contributed by atoms with Crippen LogP contribution in [0.3, 0.4) is 0 Å². The number of hydrogen-bond acceptors (Lipinski definition) is 2. The molecule has 0 N–H and O–H groups in total. The number of hydrogen-bond donors (Lipinski definition) is 0. The SMILES string of the molecule is O=[C]OC1C#C1. The molecule has 1 radical (unpaired) electrons. The number of carbonyl (C=O) groups excluding carboxylic acids is 1. The standard InChI is InChI=1S/C4HO2/c5-3-6-4-1-2-4/h4H. The van der Waals surface area contributed by atoms with E-state index in [1.807, 2.05) is 0 Å². The predicted molar refractivity (Wildman–Crippen MR) is 18.3 cm³/mol. The minimum atomic E-state index is -0.275. The van der Waals surface area contributed by atoms with Gasteiger partial charge in [0.1, 0.15) is 0 Å². The highest BCUT2D eigenvalue weighted by Crippen LogP contribution is 1.94. The summed E-state index contributed by atoms with van der Waals surface area (Å²) in [4.78, 5) is 9.23. The van der Waals surface area contributed by atoms with Gasteiger partial charge in [-0.1, -0.05) is 0 Å². The average molecular weight is 81.0 g/mol. The smallest absolute Gasteiger partial charge is 0.419 e. The van der Waals surface area contributed by atoms with Gasteiger partial charge in [0, 0.05) is 0 Å². The van der Waals surface area contributed by atoms with Crippen molar-refractivity contribution in [2.75, 3.05) is 0 Å². The first-order chi connectivity index (χ1) is 2.93. The van der Waals surface area contributed by atoms with E-state index < -0.39 is 0 Å². The third-order valence-corrected chi connectivity index (χ3v) is 0.428. The van der Waals surface area contributed by atoms with Gasteiger partial charge in [-0.05, 0) is 11.8 Å². The molecule has 0 saturated carbocycles. The zero-order chi connectivity index (χ0) is 4.41. The van der Waals surface area contributed by atoms with Crippen LogP contribution in [0.15, 0.2) is 0 Å². The molecule has 0 unspecified atom stereocenters. The van der Waals surface area contributed by atoms with Gasteiger partial charge < -0.3 is 4.74 Å². The van der Waals surface area contributed by atoms with Crippen molar-refractivity contribution in [3.63, 3.8) is 0 Å². The maximum absolute atomic E-state index is 9.23. The van der Waals surface area contributed by atoms with Crippen molar-refractivity contribution in [3.8, 4) is 11.8 Å². The van der Waals surface area contributed by atoms with E-state index in [4.69, 9.17) is 0 Å². The lowest BCUT2D eigenvalue weighted by Crippen LogP contribution is -1.91. The summed E-state index contributed by atoms with van der Waals surface area (Å²) in [5.74, 6) is 5.00. The molecule has 2 heteroatoms. The molecule has 0 atom stereocenters. The molecule has 0 aliphatic heterocycles. The molecule has 6 heavy (non-hydrogen) atoms. The van der Waals surface area contributed by atoms with E-state index in [-0.39, 0.29) is 6.10 Å². The lowest BCUT2D eigenvalue weighted by atomic mass is 10.7. The fourth-order valence-corrected chi connectivity index (χ4v) is 0.141. The van der Waals surface area contributed by atoms with Crippen LogP contribution in [0.5, 0.6) is 0 Å². The molecule has 1 rings (SSSR count). The number of rotatable bonds is 2. The Morgan fingerprint density at radius 3 is 2.50 bits per heavy atom. The third-order valence-electron chi connectivity index (χ3n) is 0.428. The zero-order valence-electron chi connectivity index (χ0n) is 2.89. The Morgan fingerprint density at radius 1 is 1.67 bits per heavy atom. The van der Waals surface area contributed by atoms with Crippen molar-refractivity contribution in [2.45, 2.75) is 6.10 Å². The molecule has 0 spiro atoms. The summed E-state index contributed by atoms with van der Waals surface area (Å²) in [6.45, 7) is 1.25. The fourth-order valence-electron chi connectivity index (χ4n) is 0.141. The van der Waals surface area contributed by atoms with Crippen LogP contribution in [-0.4, -0.2) is 12.6 Å². The molecule has 0 aromatic carbocycles. The fraction of sp³-hybridized carbons (Fsp3) is 0.250. The van der Waals surface area contributed by atoms with E-state index in [9.17, 15) is 4.79 Å². The van der Waals surface area contributed by atoms with Crippen LogP contribution in [0.25, 0.3) is 0 Å². The second-order valence-electron chi connectivity index (χ2n) is 0.870. The molecule has 0 saturated heterocycles. The van der Waals surface area contributed by atoms with Gasteiger partial charge in [0.25, 0.3) is 0 Å². The quantitative estimate of drug-likeness (QED) is 0.417. The van der Waals surface area contributed by atoms with Gasteiger partial charge in [0.05, 0.1) is 0 Å². The molecule has 29 valence electrons. The Labute approximate surface area is 35.1 Å². The van der Waals surface area contributed by atoms with Crippen molar-refractivity contribution in [2.24, 2.45) is 0 Å². The van der Waals surface area contributed by atoms with Crippen LogP contribution in [-0.2, 0) is 9.53 Å². The van der Waals surface area contributed by atoms with E-state index in [1.54, 1.807) is 0 Å². The van der Waals surface area contributed by atoms with Crippen molar-refractivity contribution in [3.05, 3.63) is 0 Å². The molecule has 2 nitrogen and oxygen atoms in total. The highest BCUT2D eigenvalue weighted by Gasteiger charge is 2.08. The van der Waals surface area contributed by atoms with Gasteiger partial charge in [0.2, 0.25) is 6.10 Å². The van der Waals surface area contributed by atoms with Crippen molar-refractivity contribution in [1.29, 1.82) is 0 Å². The second kappa shape index (κ2) is 1.02. The summed E-state index contributed by atoms with van der Waals surface area (Å²) in [6.07, 6.45) is -0.275. The molecule has 0 aromatic rings. The highest BCUT2D eigenvalue weighted by atomic mass is 16.5. The third kappa shape index (κ3) is 0.494. The highest BCUT2D eigenvalue weighted by molar-refractivity contribution is 5.46. The van der Waals surface area contributed by atoms with Crippen LogP contribution < -0.4 is 0 Å². The first kappa shape index (κ1) is 3.23. The summed E-state index contributed by atoms with van der Waals surface area (Å²) >= 11 is 0. The molecule has 0 bridgehead atoms. The molecular formula is C4HO2. The van der Waals surface area contributed by atoms with Crippen molar-refractivity contribution >= 4 is 6.47 Å². The minimum Gasteiger partial charge on any atom is -0.429 e. The largest absolute Gasteiger partial charge is 0.429 e. The Morgan fingerprint density at radius 2 is 2.33 bits per heavy atom. The normalized spacial score (nSPS) is 14.7. The van der Waals surface area contributed by atoms with Crippen LogP contribution in [0.1, 0.15) is 0 Å². The average Bonchev–Trinajstić information content (AvgIpc) is 2.21. The first-order valence-electron chi connectivity index (χ1n) is 1.47. The van der Waals surface area contributed by atoms with Gasteiger partial charge in [-0.2, -0.15) is 0 Å². The second-order valence-corrected chi connectivity index (χ2v) is 0.870. The van der Waals surface area contributed by atoms with E-state index in [0.29, 0.717) is 0 Å². The zero-order valence-corrected chi connectivity index (χ0v) is 2.89. The summed E-state index contributed by atoms with van der Waals surface area (Å²) < 4.78 is 4.12. The molecule has 0 fully saturated rings. The van der Waals surface area contributed by atoms with Crippen LogP contribution >= 0.6 is 0 Å². The lowest BCUT2D eigenvalue weighted by molar-refractivity contribution is 0.288. The topological polar surface area (TPSA) is 26.3 Å². The lowest BCUT2D eigenvalue weighted by Gasteiger charge is -1.80. The van der Waals surface area contributed by atoms with Gasteiger partial charge >= 0.3 is 6.47 Å². The van der Waals surface area contributed by atoms with Gasteiger partial charge in [0.15, 0.2) is 0 Å². The van der Waals surface area contributed by atoms with Crippen LogP contribution in [0, 0.1) is 11.8 Å². The van der Waals surface area contributed by atoms with E-state index >= 15 is 0 Å². The monoisotopic (exact) mass is 81.0 g/mol. The van der Waals surface area contributed by atoms with E-state index in [0.717, 1.165) is 0 Å². The van der Waals surface area contributed by atoms with Gasteiger partial charge in [-0.25, -0.2) is 4.79 Å². The Balaban J connectivity index is 2.05. The Hall–Kier alpha value is -0.970. The van der Waals surface area contributed by atoms with Gasteiger partial charge in [-0.15, -0.1) is 0 Å². The van der Waals surface area contributed by atoms with Crippen LogP contribution in [0.4, 0.5) is 0 Å². The summed E-state index contributed by atoms with van der Waals surface area (Å²) in [6, 6.07) is 0. The van der Waals surface area contributed by atoms with E-state index in [2.05, 4.69) is 16.6 Å². The number of ether oxygens (including phenoxy) is 1. The molecule has 0 amide bonds. The molecular weight excluding hydrogens is 80.0 g/mol. The Kier molecular flexibility index (Phi) is 0.548.